The molecule has 23 heavy (non-hydrogen) atoms. The van der Waals surface area contributed by atoms with E-state index >= 15 is 0 Å². The van der Waals surface area contributed by atoms with Crippen molar-refractivity contribution in [3.63, 3.8) is 0 Å². The van der Waals surface area contributed by atoms with Gasteiger partial charge in [-0.25, -0.2) is 0 Å². The summed E-state index contributed by atoms with van der Waals surface area (Å²) in [6.45, 7) is 5.60. The molecule has 0 saturated heterocycles. The van der Waals surface area contributed by atoms with Gasteiger partial charge >= 0.3 is 0 Å². The van der Waals surface area contributed by atoms with Crippen molar-refractivity contribution in [2.45, 2.75) is 33.0 Å². The van der Waals surface area contributed by atoms with Gasteiger partial charge in [-0.05, 0) is 38.1 Å². The maximum Gasteiger partial charge on any atom is 0.268 e. The van der Waals surface area contributed by atoms with Crippen LogP contribution in [-0.4, -0.2) is 28.9 Å². The summed E-state index contributed by atoms with van der Waals surface area (Å²) in [5.74, 6) is -0.231. The molecule has 1 heterocycles. The standard InChI is InChI=1S/C17H21Cl2N3O/c1-11(2)22(3)10-13-7-5-4-6-12(13)9-20-17(23)15-8-14(18)16(19)21-15/h4-8,11,21H,9-10H2,1-3H3,(H,20,23). The van der Waals surface area contributed by atoms with Crippen molar-refractivity contribution in [3.05, 3.63) is 57.3 Å². The van der Waals surface area contributed by atoms with Crippen molar-refractivity contribution in [1.29, 1.82) is 0 Å². The average molecular weight is 354 g/mol. The first-order valence-corrected chi connectivity index (χ1v) is 8.23. The molecule has 0 bridgehead atoms. The molecule has 4 nitrogen and oxygen atoms in total. The fourth-order valence-electron chi connectivity index (χ4n) is 2.13. The van der Waals surface area contributed by atoms with E-state index in [2.05, 4.69) is 42.2 Å². The minimum Gasteiger partial charge on any atom is -0.347 e. The van der Waals surface area contributed by atoms with Crippen LogP contribution in [0.25, 0.3) is 0 Å². The van der Waals surface area contributed by atoms with Crippen LogP contribution >= 0.6 is 23.2 Å². The van der Waals surface area contributed by atoms with Crippen LogP contribution in [0.15, 0.2) is 30.3 Å². The molecule has 0 radical (unpaired) electrons. The van der Waals surface area contributed by atoms with Gasteiger partial charge in [0, 0.05) is 19.1 Å². The summed E-state index contributed by atoms with van der Waals surface area (Å²) in [5.41, 5.74) is 2.65. The molecule has 2 rings (SSSR count). The molecule has 2 N–H and O–H groups in total. The SMILES string of the molecule is CC(C)N(C)Cc1ccccc1CNC(=O)c1cc(Cl)c(Cl)[nH]1. The van der Waals surface area contributed by atoms with Crippen LogP contribution in [0, 0.1) is 0 Å². The normalized spacial score (nSPS) is 11.3. The summed E-state index contributed by atoms with van der Waals surface area (Å²) in [7, 11) is 2.09. The molecule has 124 valence electrons. The number of amides is 1. The third-order valence-corrected chi connectivity index (χ3v) is 4.52. The molecule has 6 heteroatoms. The predicted octanol–water partition coefficient (Wildman–Crippen LogP) is 4.09. The molecule has 0 atom stereocenters. The van der Waals surface area contributed by atoms with Crippen molar-refractivity contribution in [1.82, 2.24) is 15.2 Å². The molecule has 0 fully saturated rings. The molecule has 1 amide bonds. The highest BCUT2D eigenvalue weighted by atomic mass is 35.5. The van der Waals surface area contributed by atoms with Gasteiger partial charge in [0.15, 0.2) is 0 Å². The van der Waals surface area contributed by atoms with Crippen molar-refractivity contribution < 1.29 is 4.79 Å². The van der Waals surface area contributed by atoms with Gasteiger partial charge in [-0.15, -0.1) is 0 Å². The zero-order valence-corrected chi connectivity index (χ0v) is 15.0. The van der Waals surface area contributed by atoms with E-state index < -0.39 is 0 Å². The molecule has 0 saturated carbocycles. The average Bonchev–Trinajstić information content (AvgIpc) is 2.85. The lowest BCUT2D eigenvalue weighted by Crippen LogP contribution is -2.27. The number of rotatable bonds is 6. The lowest BCUT2D eigenvalue weighted by atomic mass is 10.1. The van der Waals surface area contributed by atoms with Gasteiger partial charge in [-0.3, -0.25) is 9.69 Å². The van der Waals surface area contributed by atoms with Gasteiger partial charge < -0.3 is 10.3 Å². The molecule has 0 aliphatic heterocycles. The Balaban J connectivity index is 2.04. The van der Waals surface area contributed by atoms with Gasteiger partial charge in [0.05, 0.1) is 5.02 Å². The monoisotopic (exact) mass is 353 g/mol. The van der Waals surface area contributed by atoms with Gasteiger partial charge in [-0.1, -0.05) is 47.5 Å². The van der Waals surface area contributed by atoms with Crippen molar-refractivity contribution >= 4 is 29.1 Å². The largest absolute Gasteiger partial charge is 0.347 e. The highest BCUT2D eigenvalue weighted by Crippen LogP contribution is 2.21. The minimum atomic E-state index is -0.231. The molecular weight excluding hydrogens is 333 g/mol. The molecule has 2 aromatic rings. The van der Waals surface area contributed by atoms with Crippen molar-refractivity contribution in [2.75, 3.05) is 7.05 Å². The summed E-state index contributed by atoms with van der Waals surface area (Å²) < 4.78 is 0. The second-order valence-corrected chi connectivity index (χ2v) is 6.59. The maximum absolute atomic E-state index is 12.2. The van der Waals surface area contributed by atoms with Crippen molar-refractivity contribution in [2.24, 2.45) is 0 Å². The first-order valence-electron chi connectivity index (χ1n) is 7.47. The zero-order valence-electron chi connectivity index (χ0n) is 13.5. The Morgan fingerprint density at radius 3 is 2.48 bits per heavy atom. The first kappa shape index (κ1) is 17.9. The Morgan fingerprint density at radius 1 is 1.26 bits per heavy atom. The van der Waals surface area contributed by atoms with E-state index in [1.54, 1.807) is 0 Å². The number of halogens is 2. The molecule has 0 aliphatic rings. The summed E-state index contributed by atoms with van der Waals surface area (Å²) in [6.07, 6.45) is 0. The molecular formula is C17H21Cl2N3O. The minimum absolute atomic E-state index is 0.231. The lowest BCUT2D eigenvalue weighted by molar-refractivity contribution is 0.0946. The number of aromatic nitrogens is 1. The zero-order chi connectivity index (χ0) is 17.0. The van der Waals surface area contributed by atoms with E-state index in [1.807, 2.05) is 18.2 Å². The number of carbonyl (C=O) groups excluding carboxylic acids is 1. The quantitative estimate of drug-likeness (QED) is 0.821. The number of hydrogen-bond acceptors (Lipinski definition) is 2. The Labute approximate surface area is 146 Å². The fraction of sp³-hybridized carbons (Fsp3) is 0.353. The smallest absolute Gasteiger partial charge is 0.268 e. The van der Waals surface area contributed by atoms with E-state index in [0.717, 1.165) is 12.1 Å². The number of nitrogens with one attached hydrogen (secondary N) is 2. The van der Waals surface area contributed by atoms with E-state index in [4.69, 9.17) is 23.2 Å². The van der Waals surface area contributed by atoms with Crippen LogP contribution < -0.4 is 5.32 Å². The summed E-state index contributed by atoms with van der Waals surface area (Å²) in [4.78, 5) is 17.2. The first-order chi connectivity index (χ1) is 10.9. The third kappa shape index (κ3) is 4.74. The Hall–Kier alpha value is -1.49. The predicted molar refractivity (Wildman–Crippen MR) is 95.0 cm³/mol. The number of nitrogens with zero attached hydrogens (tertiary/aromatic N) is 1. The van der Waals surface area contributed by atoms with Crippen LogP contribution in [0.5, 0.6) is 0 Å². The van der Waals surface area contributed by atoms with Gasteiger partial charge in [0.2, 0.25) is 0 Å². The highest BCUT2D eigenvalue weighted by Gasteiger charge is 2.13. The molecule has 0 spiro atoms. The van der Waals surface area contributed by atoms with Crippen LogP contribution in [-0.2, 0) is 13.1 Å². The Bertz CT molecular complexity index is 663. The number of H-pyrrole nitrogens is 1. The summed E-state index contributed by atoms with van der Waals surface area (Å²) >= 11 is 11.7. The van der Waals surface area contributed by atoms with E-state index in [-0.39, 0.29) is 11.1 Å². The van der Waals surface area contributed by atoms with Gasteiger partial charge in [0.1, 0.15) is 10.8 Å². The number of carbonyl (C=O) groups is 1. The topological polar surface area (TPSA) is 48.1 Å². The van der Waals surface area contributed by atoms with Crippen LogP contribution in [0.4, 0.5) is 0 Å². The number of benzene rings is 1. The number of aromatic amines is 1. The fourth-order valence-corrected chi connectivity index (χ4v) is 2.45. The van der Waals surface area contributed by atoms with E-state index in [0.29, 0.717) is 23.3 Å². The van der Waals surface area contributed by atoms with Crippen LogP contribution in [0.3, 0.4) is 0 Å². The molecule has 0 unspecified atom stereocenters. The van der Waals surface area contributed by atoms with E-state index in [1.165, 1.54) is 11.6 Å². The van der Waals surface area contributed by atoms with Gasteiger partial charge in [0.25, 0.3) is 5.91 Å². The van der Waals surface area contributed by atoms with Gasteiger partial charge in [-0.2, -0.15) is 0 Å². The molecule has 1 aromatic heterocycles. The second kappa shape index (κ2) is 7.86. The van der Waals surface area contributed by atoms with Crippen LogP contribution in [0.2, 0.25) is 10.2 Å². The highest BCUT2D eigenvalue weighted by molar-refractivity contribution is 6.41. The number of hydrogen-bond donors (Lipinski definition) is 2. The van der Waals surface area contributed by atoms with Crippen molar-refractivity contribution in [3.8, 4) is 0 Å². The second-order valence-electron chi connectivity index (χ2n) is 5.81. The van der Waals surface area contributed by atoms with Crippen LogP contribution in [0.1, 0.15) is 35.5 Å². The maximum atomic E-state index is 12.2. The third-order valence-electron chi connectivity index (χ3n) is 3.83. The molecule has 1 aromatic carbocycles. The Kier molecular flexibility index (Phi) is 6.10. The lowest BCUT2D eigenvalue weighted by Gasteiger charge is -2.22. The van der Waals surface area contributed by atoms with E-state index in [9.17, 15) is 4.79 Å². The summed E-state index contributed by atoms with van der Waals surface area (Å²) in [6, 6.07) is 10.1. The molecule has 0 aliphatic carbocycles. The summed E-state index contributed by atoms with van der Waals surface area (Å²) in [5, 5.41) is 3.51. The Morgan fingerprint density at radius 2 is 1.91 bits per heavy atom.